The van der Waals surface area contributed by atoms with Crippen molar-refractivity contribution in [2.45, 2.75) is 45.6 Å². The van der Waals surface area contributed by atoms with Gasteiger partial charge < -0.3 is 5.32 Å². The van der Waals surface area contributed by atoms with Gasteiger partial charge in [-0.05, 0) is 26.0 Å². The Kier molecular flexibility index (Phi) is 5.30. The lowest BCUT2D eigenvalue weighted by atomic mass is 10.2. The minimum atomic E-state index is 0.388. The second-order valence-corrected chi connectivity index (χ2v) is 3.75. The van der Waals surface area contributed by atoms with E-state index in [0.717, 1.165) is 6.54 Å². The van der Waals surface area contributed by atoms with Crippen LogP contribution in [0.3, 0.4) is 0 Å². The molecule has 3 heteroatoms. The summed E-state index contributed by atoms with van der Waals surface area (Å²) in [7, 11) is 0. The van der Waals surface area contributed by atoms with Crippen LogP contribution in [0.15, 0.2) is 12.3 Å². The van der Waals surface area contributed by atoms with Crippen molar-refractivity contribution in [2.24, 2.45) is 0 Å². The van der Waals surface area contributed by atoms with Crippen molar-refractivity contribution < 1.29 is 0 Å². The lowest BCUT2D eigenvalue weighted by Gasteiger charge is -2.11. The molecule has 14 heavy (non-hydrogen) atoms. The van der Waals surface area contributed by atoms with Gasteiger partial charge in [-0.25, -0.2) is 0 Å². The van der Waals surface area contributed by atoms with Gasteiger partial charge in [0.25, 0.3) is 0 Å². The number of aromatic nitrogens is 2. The van der Waals surface area contributed by atoms with Gasteiger partial charge >= 0.3 is 0 Å². The second kappa shape index (κ2) is 6.60. The van der Waals surface area contributed by atoms with Gasteiger partial charge in [-0.2, -0.15) is 5.10 Å². The summed E-state index contributed by atoms with van der Waals surface area (Å²) in [5.74, 6) is 0. The predicted octanol–water partition coefficient (Wildman–Crippen LogP) is 2.64. The molecule has 2 N–H and O–H groups in total. The Morgan fingerprint density at radius 3 is 2.93 bits per heavy atom. The minimum absolute atomic E-state index is 0.388. The summed E-state index contributed by atoms with van der Waals surface area (Å²) in [5.41, 5.74) is 1.17. The first-order chi connectivity index (χ1) is 6.84. The molecule has 0 radical (unpaired) electrons. The molecule has 1 aromatic heterocycles. The maximum atomic E-state index is 3.94. The van der Waals surface area contributed by atoms with Gasteiger partial charge in [0.15, 0.2) is 0 Å². The molecule has 0 saturated carbocycles. The van der Waals surface area contributed by atoms with E-state index in [9.17, 15) is 0 Å². The van der Waals surface area contributed by atoms with Crippen LogP contribution in [0, 0.1) is 0 Å². The van der Waals surface area contributed by atoms with Crippen molar-refractivity contribution in [3.63, 3.8) is 0 Å². The van der Waals surface area contributed by atoms with Gasteiger partial charge in [-0.3, -0.25) is 5.10 Å². The van der Waals surface area contributed by atoms with E-state index >= 15 is 0 Å². The van der Waals surface area contributed by atoms with Gasteiger partial charge in [0.05, 0.1) is 5.69 Å². The molecule has 1 aromatic rings. The van der Waals surface area contributed by atoms with E-state index in [1.54, 1.807) is 6.20 Å². The first-order valence-electron chi connectivity index (χ1n) is 5.57. The third-order valence-corrected chi connectivity index (χ3v) is 2.47. The molecule has 1 rings (SSSR count). The third-order valence-electron chi connectivity index (χ3n) is 2.47. The van der Waals surface area contributed by atoms with Crippen LogP contribution in [0.2, 0.25) is 0 Å². The van der Waals surface area contributed by atoms with Gasteiger partial charge in [-0.15, -0.1) is 0 Å². The van der Waals surface area contributed by atoms with Crippen molar-refractivity contribution in [3.8, 4) is 0 Å². The topological polar surface area (TPSA) is 40.7 Å². The Morgan fingerprint density at radius 2 is 2.29 bits per heavy atom. The zero-order chi connectivity index (χ0) is 10.2. The molecule has 3 nitrogen and oxygen atoms in total. The molecule has 0 spiro atoms. The maximum Gasteiger partial charge on any atom is 0.0518 e. The summed E-state index contributed by atoms with van der Waals surface area (Å²) < 4.78 is 0. The number of hydrogen-bond acceptors (Lipinski definition) is 2. The van der Waals surface area contributed by atoms with Crippen LogP contribution in [0.25, 0.3) is 0 Å². The summed E-state index contributed by atoms with van der Waals surface area (Å²) in [6.45, 7) is 5.49. The molecular weight excluding hydrogens is 174 g/mol. The van der Waals surface area contributed by atoms with Crippen molar-refractivity contribution in [1.82, 2.24) is 15.5 Å². The second-order valence-electron chi connectivity index (χ2n) is 3.75. The van der Waals surface area contributed by atoms with Gasteiger partial charge in [-0.1, -0.05) is 26.2 Å². The number of unbranched alkanes of at least 4 members (excludes halogenated alkanes) is 3. The zero-order valence-corrected chi connectivity index (χ0v) is 9.21. The van der Waals surface area contributed by atoms with Crippen LogP contribution in [0.1, 0.15) is 51.3 Å². The van der Waals surface area contributed by atoms with Crippen molar-refractivity contribution >= 4 is 0 Å². The van der Waals surface area contributed by atoms with Crippen LogP contribution in [0.4, 0.5) is 0 Å². The molecular formula is C11H21N3. The van der Waals surface area contributed by atoms with E-state index in [-0.39, 0.29) is 0 Å². The molecule has 0 saturated heterocycles. The maximum absolute atomic E-state index is 3.94. The Bertz CT molecular complexity index is 218. The van der Waals surface area contributed by atoms with Gasteiger partial charge in [0.2, 0.25) is 0 Å². The lowest BCUT2D eigenvalue weighted by molar-refractivity contribution is 0.527. The van der Waals surface area contributed by atoms with Crippen LogP contribution >= 0.6 is 0 Å². The Labute approximate surface area is 86.3 Å². The van der Waals surface area contributed by atoms with Crippen LogP contribution in [0.5, 0.6) is 0 Å². The number of nitrogens with zero attached hydrogens (tertiary/aromatic N) is 1. The molecule has 0 fully saturated rings. The monoisotopic (exact) mass is 195 g/mol. The molecule has 0 aliphatic carbocycles. The molecule has 0 amide bonds. The fraction of sp³-hybridized carbons (Fsp3) is 0.727. The lowest BCUT2D eigenvalue weighted by Crippen LogP contribution is -2.20. The highest BCUT2D eigenvalue weighted by Gasteiger charge is 2.03. The number of aromatic amines is 1. The molecule has 1 atom stereocenters. The molecule has 0 aromatic carbocycles. The smallest absolute Gasteiger partial charge is 0.0518 e. The highest BCUT2D eigenvalue weighted by atomic mass is 15.1. The van der Waals surface area contributed by atoms with Crippen LogP contribution in [-0.4, -0.2) is 16.7 Å². The average molecular weight is 195 g/mol. The largest absolute Gasteiger partial charge is 0.309 e. The van der Waals surface area contributed by atoms with E-state index in [4.69, 9.17) is 0 Å². The third kappa shape index (κ3) is 3.92. The number of H-pyrrole nitrogens is 1. The molecule has 0 aliphatic heterocycles. The number of rotatable bonds is 7. The summed E-state index contributed by atoms with van der Waals surface area (Å²) in [5, 5.41) is 10.4. The van der Waals surface area contributed by atoms with E-state index < -0.39 is 0 Å². The van der Waals surface area contributed by atoms with Crippen LogP contribution < -0.4 is 5.32 Å². The Balaban J connectivity index is 2.07. The summed E-state index contributed by atoms with van der Waals surface area (Å²) in [6.07, 6.45) is 7.05. The van der Waals surface area contributed by atoms with Crippen LogP contribution in [-0.2, 0) is 0 Å². The molecule has 0 aliphatic rings. The predicted molar refractivity (Wildman–Crippen MR) is 59.1 cm³/mol. The standard InChI is InChI=1S/C11H21N3/c1-3-4-5-6-8-12-10(2)11-7-9-13-14-11/h7,9-10,12H,3-6,8H2,1-2H3,(H,13,14). The van der Waals surface area contributed by atoms with E-state index in [1.165, 1.54) is 31.4 Å². The first-order valence-corrected chi connectivity index (χ1v) is 5.57. The highest BCUT2D eigenvalue weighted by molar-refractivity contribution is 5.02. The summed E-state index contributed by atoms with van der Waals surface area (Å²) >= 11 is 0. The highest BCUT2D eigenvalue weighted by Crippen LogP contribution is 2.07. The average Bonchev–Trinajstić information content (AvgIpc) is 2.70. The Hall–Kier alpha value is -0.830. The normalized spacial score (nSPS) is 13.0. The van der Waals surface area contributed by atoms with Gasteiger partial charge in [0, 0.05) is 12.2 Å². The number of nitrogens with one attached hydrogen (secondary N) is 2. The molecule has 0 bridgehead atoms. The minimum Gasteiger partial charge on any atom is -0.309 e. The van der Waals surface area contributed by atoms with E-state index in [0.29, 0.717) is 6.04 Å². The molecule has 1 unspecified atom stereocenters. The Morgan fingerprint density at radius 1 is 1.43 bits per heavy atom. The van der Waals surface area contributed by atoms with E-state index in [2.05, 4.69) is 29.4 Å². The fourth-order valence-electron chi connectivity index (χ4n) is 1.49. The summed E-state index contributed by atoms with van der Waals surface area (Å²) in [6, 6.07) is 2.41. The molecule has 80 valence electrons. The van der Waals surface area contributed by atoms with E-state index in [1.807, 2.05) is 6.07 Å². The van der Waals surface area contributed by atoms with Crippen molar-refractivity contribution in [3.05, 3.63) is 18.0 Å². The summed E-state index contributed by atoms with van der Waals surface area (Å²) in [4.78, 5) is 0. The molecule has 1 heterocycles. The quantitative estimate of drug-likeness (QED) is 0.657. The zero-order valence-electron chi connectivity index (χ0n) is 9.21. The first kappa shape index (κ1) is 11.2. The van der Waals surface area contributed by atoms with Gasteiger partial charge in [0.1, 0.15) is 0 Å². The number of hydrogen-bond donors (Lipinski definition) is 2. The van der Waals surface area contributed by atoms with Crippen molar-refractivity contribution in [2.75, 3.05) is 6.54 Å². The fourth-order valence-corrected chi connectivity index (χ4v) is 1.49. The van der Waals surface area contributed by atoms with Crippen molar-refractivity contribution in [1.29, 1.82) is 0 Å². The SMILES string of the molecule is CCCCCCNC(C)c1ccn[nH]1.